The Morgan fingerprint density at radius 2 is 2.08 bits per heavy atom. The second-order valence-electron chi connectivity index (χ2n) is 5.10. The lowest BCUT2D eigenvalue weighted by molar-refractivity contribution is 0.102. The highest BCUT2D eigenvalue weighted by atomic mass is 35.5. The van der Waals surface area contributed by atoms with Gasteiger partial charge < -0.3 is 25.6 Å². The standard InChI is InChI=1S/C17H19ClN2O4/c1-24-16-6-5-12(18)8-15(16)20-17(23)11-3-2-4-13(7-11)19-9-14(22)10-21/h2-8,14,19,21-22H,9-10H2,1H3,(H,20,23). The monoisotopic (exact) mass is 350 g/mol. The zero-order valence-corrected chi connectivity index (χ0v) is 13.9. The van der Waals surface area contributed by atoms with E-state index in [1.807, 2.05) is 0 Å². The Bertz CT molecular complexity index is 709. The molecule has 1 atom stereocenters. The summed E-state index contributed by atoms with van der Waals surface area (Å²) < 4.78 is 5.20. The lowest BCUT2D eigenvalue weighted by Crippen LogP contribution is -2.23. The van der Waals surface area contributed by atoms with Crippen LogP contribution in [0.3, 0.4) is 0 Å². The molecule has 0 saturated heterocycles. The number of carbonyl (C=O) groups is 1. The zero-order chi connectivity index (χ0) is 17.5. The first-order valence-electron chi connectivity index (χ1n) is 7.31. The first kappa shape index (κ1) is 18.1. The second kappa shape index (κ2) is 8.54. The quantitative estimate of drug-likeness (QED) is 0.615. The van der Waals surface area contributed by atoms with Gasteiger partial charge in [0, 0.05) is 22.8 Å². The summed E-state index contributed by atoms with van der Waals surface area (Å²) in [5.41, 5.74) is 1.57. The summed E-state index contributed by atoms with van der Waals surface area (Å²) in [4.78, 5) is 12.4. The summed E-state index contributed by atoms with van der Waals surface area (Å²) in [6.45, 7) is -0.147. The summed E-state index contributed by atoms with van der Waals surface area (Å²) in [7, 11) is 1.51. The van der Waals surface area contributed by atoms with Gasteiger partial charge in [0.05, 0.1) is 25.5 Å². The van der Waals surface area contributed by atoms with Crippen LogP contribution in [0.5, 0.6) is 5.75 Å². The van der Waals surface area contributed by atoms with E-state index in [1.54, 1.807) is 42.5 Å². The van der Waals surface area contributed by atoms with Gasteiger partial charge in [-0.3, -0.25) is 4.79 Å². The lowest BCUT2D eigenvalue weighted by Gasteiger charge is -2.13. The van der Waals surface area contributed by atoms with E-state index >= 15 is 0 Å². The van der Waals surface area contributed by atoms with E-state index in [2.05, 4.69) is 10.6 Å². The molecule has 2 rings (SSSR count). The Hall–Kier alpha value is -2.28. The molecule has 0 aromatic heterocycles. The van der Waals surface area contributed by atoms with E-state index in [9.17, 15) is 9.90 Å². The van der Waals surface area contributed by atoms with Crippen LogP contribution in [0.25, 0.3) is 0 Å². The molecular formula is C17H19ClN2O4. The third-order valence-electron chi connectivity index (χ3n) is 3.29. The maximum atomic E-state index is 12.4. The molecule has 4 N–H and O–H groups in total. The minimum Gasteiger partial charge on any atom is -0.495 e. The van der Waals surface area contributed by atoms with Gasteiger partial charge in [0.15, 0.2) is 0 Å². The van der Waals surface area contributed by atoms with Crippen molar-refractivity contribution in [1.29, 1.82) is 0 Å². The Balaban J connectivity index is 2.11. The third-order valence-corrected chi connectivity index (χ3v) is 3.52. The number of aliphatic hydroxyl groups is 2. The van der Waals surface area contributed by atoms with Crippen LogP contribution in [-0.4, -0.2) is 42.5 Å². The van der Waals surface area contributed by atoms with Gasteiger partial charge in [0.2, 0.25) is 0 Å². The molecule has 0 bridgehead atoms. The number of carbonyl (C=O) groups excluding carboxylic acids is 1. The first-order valence-corrected chi connectivity index (χ1v) is 7.69. The zero-order valence-electron chi connectivity index (χ0n) is 13.1. The minimum atomic E-state index is -0.863. The number of aliphatic hydroxyl groups excluding tert-OH is 2. The van der Waals surface area contributed by atoms with E-state index in [-0.39, 0.29) is 19.1 Å². The molecule has 0 aliphatic carbocycles. The molecule has 0 heterocycles. The molecule has 128 valence electrons. The van der Waals surface area contributed by atoms with Gasteiger partial charge in [0.1, 0.15) is 5.75 Å². The number of halogens is 1. The Morgan fingerprint density at radius 1 is 1.29 bits per heavy atom. The van der Waals surface area contributed by atoms with Crippen LogP contribution in [0.1, 0.15) is 10.4 Å². The molecule has 1 unspecified atom stereocenters. The minimum absolute atomic E-state index is 0.184. The highest BCUT2D eigenvalue weighted by Crippen LogP contribution is 2.28. The molecule has 24 heavy (non-hydrogen) atoms. The first-order chi connectivity index (χ1) is 11.5. The molecule has 1 amide bonds. The number of hydrogen-bond donors (Lipinski definition) is 4. The fourth-order valence-electron chi connectivity index (χ4n) is 2.04. The Morgan fingerprint density at radius 3 is 2.79 bits per heavy atom. The molecule has 7 heteroatoms. The predicted molar refractivity (Wildman–Crippen MR) is 94.0 cm³/mol. The van der Waals surface area contributed by atoms with Crippen molar-refractivity contribution in [2.75, 3.05) is 30.9 Å². The number of amides is 1. The number of rotatable bonds is 7. The van der Waals surface area contributed by atoms with Crippen molar-refractivity contribution in [3.63, 3.8) is 0 Å². The van der Waals surface area contributed by atoms with Crippen molar-refractivity contribution in [3.8, 4) is 5.75 Å². The predicted octanol–water partition coefficient (Wildman–Crippen LogP) is 2.37. The normalized spacial score (nSPS) is 11.7. The van der Waals surface area contributed by atoms with Crippen LogP contribution >= 0.6 is 11.6 Å². The van der Waals surface area contributed by atoms with E-state index in [4.69, 9.17) is 21.4 Å². The van der Waals surface area contributed by atoms with Crippen molar-refractivity contribution >= 4 is 28.9 Å². The molecule has 0 radical (unpaired) electrons. The highest BCUT2D eigenvalue weighted by molar-refractivity contribution is 6.31. The number of nitrogens with one attached hydrogen (secondary N) is 2. The van der Waals surface area contributed by atoms with E-state index in [0.29, 0.717) is 27.7 Å². The summed E-state index contributed by atoms with van der Waals surface area (Å²) >= 11 is 5.95. The van der Waals surface area contributed by atoms with Gasteiger partial charge in [0.25, 0.3) is 5.91 Å². The average molecular weight is 351 g/mol. The fraction of sp³-hybridized carbons (Fsp3) is 0.235. The summed E-state index contributed by atoms with van der Waals surface area (Å²) in [5.74, 6) is 0.190. The highest BCUT2D eigenvalue weighted by Gasteiger charge is 2.11. The van der Waals surface area contributed by atoms with Gasteiger partial charge in [-0.1, -0.05) is 17.7 Å². The van der Waals surface area contributed by atoms with Gasteiger partial charge in [-0.15, -0.1) is 0 Å². The molecule has 6 nitrogen and oxygen atoms in total. The van der Waals surface area contributed by atoms with Crippen molar-refractivity contribution < 1.29 is 19.7 Å². The van der Waals surface area contributed by atoms with Crippen molar-refractivity contribution in [2.24, 2.45) is 0 Å². The summed E-state index contributed by atoms with van der Waals surface area (Å²) in [6.07, 6.45) is -0.863. The number of anilines is 2. The van der Waals surface area contributed by atoms with Gasteiger partial charge in [-0.25, -0.2) is 0 Å². The molecule has 2 aromatic rings. The van der Waals surface area contributed by atoms with Gasteiger partial charge >= 0.3 is 0 Å². The topological polar surface area (TPSA) is 90.8 Å². The van der Waals surface area contributed by atoms with Gasteiger partial charge in [-0.2, -0.15) is 0 Å². The largest absolute Gasteiger partial charge is 0.495 e. The average Bonchev–Trinajstić information content (AvgIpc) is 2.60. The lowest BCUT2D eigenvalue weighted by atomic mass is 10.1. The van der Waals surface area contributed by atoms with Crippen LogP contribution in [-0.2, 0) is 0 Å². The van der Waals surface area contributed by atoms with E-state index < -0.39 is 6.10 Å². The number of methoxy groups -OCH3 is 1. The summed E-state index contributed by atoms with van der Waals surface area (Å²) in [5, 5.41) is 24.4. The van der Waals surface area contributed by atoms with E-state index in [0.717, 1.165) is 0 Å². The maximum absolute atomic E-state index is 12.4. The maximum Gasteiger partial charge on any atom is 0.255 e. The van der Waals surface area contributed by atoms with Crippen molar-refractivity contribution in [3.05, 3.63) is 53.1 Å². The Labute approximate surface area is 145 Å². The molecule has 0 aliphatic rings. The van der Waals surface area contributed by atoms with Crippen LogP contribution in [0.4, 0.5) is 11.4 Å². The Kier molecular flexibility index (Phi) is 6.43. The number of ether oxygens (including phenoxy) is 1. The fourth-order valence-corrected chi connectivity index (χ4v) is 2.22. The van der Waals surface area contributed by atoms with Crippen LogP contribution in [0.15, 0.2) is 42.5 Å². The number of benzene rings is 2. The SMILES string of the molecule is COc1ccc(Cl)cc1NC(=O)c1cccc(NCC(O)CO)c1. The van der Waals surface area contributed by atoms with Gasteiger partial charge in [-0.05, 0) is 36.4 Å². The smallest absolute Gasteiger partial charge is 0.255 e. The van der Waals surface area contributed by atoms with Crippen LogP contribution in [0, 0.1) is 0 Å². The van der Waals surface area contributed by atoms with E-state index in [1.165, 1.54) is 7.11 Å². The van der Waals surface area contributed by atoms with Crippen molar-refractivity contribution in [1.82, 2.24) is 0 Å². The number of hydrogen-bond acceptors (Lipinski definition) is 5. The third kappa shape index (κ3) is 4.86. The second-order valence-corrected chi connectivity index (χ2v) is 5.53. The van der Waals surface area contributed by atoms with Crippen LogP contribution < -0.4 is 15.4 Å². The summed E-state index contributed by atoms with van der Waals surface area (Å²) in [6, 6.07) is 11.8. The molecule has 0 aliphatic heterocycles. The molecule has 2 aromatic carbocycles. The van der Waals surface area contributed by atoms with Crippen LogP contribution in [0.2, 0.25) is 5.02 Å². The molecule has 0 saturated carbocycles. The molecule has 0 fully saturated rings. The molecular weight excluding hydrogens is 332 g/mol. The molecule has 0 spiro atoms. The van der Waals surface area contributed by atoms with Crippen molar-refractivity contribution in [2.45, 2.75) is 6.10 Å².